The molecule has 0 aromatic heterocycles. The van der Waals surface area contributed by atoms with Crippen LogP contribution in [-0.2, 0) is 9.47 Å². The minimum atomic E-state index is 0.214. The van der Waals surface area contributed by atoms with Crippen LogP contribution in [0.5, 0.6) is 0 Å². The van der Waals surface area contributed by atoms with Crippen LogP contribution in [0.4, 0.5) is 0 Å². The van der Waals surface area contributed by atoms with E-state index in [1.807, 2.05) is 0 Å². The van der Waals surface area contributed by atoms with Crippen molar-refractivity contribution in [2.75, 3.05) is 39.5 Å². The number of nitrogens with zero attached hydrogens (tertiary/aromatic N) is 1. The van der Waals surface area contributed by atoms with Crippen molar-refractivity contribution in [3.8, 4) is 0 Å². The van der Waals surface area contributed by atoms with Crippen molar-refractivity contribution in [2.45, 2.75) is 25.3 Å². The summed E-state index contributed by atoms with van der Waals surface area (Å²) in [5.41, 5.74) is 0.214. The number of hydrogen-bond donors (Lipinski definition) is 0. The zero-order valence-electron chi connectivity index (χ0n) is 8.42. The Kier molecular flexibility index (Phi) is 2.86. The molecule has 1 spiro atoms. The summed E-state index contributed by atoms with van der Waals surface area (Å²) in [7, 11) is 0. The van der Waals surface area contributed by atoms with Gasteiger partial charge in [0.05, 0.1) is 25.4 Å². The second-order valence-electron chi connectivity index (χ2n) is 4.01. The molecule has 0 radical (unpaired) electrons. The molecule has 2 heterocycles. The van der Waals surface area contributed by atoms with E-state index in [2.05, 4.69) is 11.8 Å². The fourth-order valence-electron chi connectivity index (χ4n) is 2.46. The van der Waals surface area contributed by atoms with Crippen molar-refractivity contribution in [1.82, 2.24) is 4.90 Å². The van der Waals surface area contributed by atoms with Gasteiger partial charge in [-0.1, -0.05) is 6.92 Å². The number of likely N-dealkylation sites (N-methyl/N-ethyl adjacent to an activating group) is 1. The first kappa shape index (κ1) is 9.44. The second-order valence-corrected chi connectivity index (χ2v) is 4.01. The highest BCUT2D eigenvalue weighted by molar-refractivity contribution is 4.94. The van der Waals surface area contributed by atoms with Crippen molar-refractivity contribution in [3.63, 3.8) is 0 Å². The van der Waals surface area contributed by atoms with Crippen molar-refractivity contribution in [1.29, 1.82) is 0 Å². The van der Waals surface area contributed by atoms with Gasteiger partial charge in [-0.3, -0.25) is 4.90 Å². The number of rotatable bonds is 1. The van der Waals surface area contributed by atoms with Crippen LogP contribution < -0.4 is 0 Å². The summed E-state index contributed by atoms with van der Waals surface area (Å²) < 4.78 is 11.1. The molecule has 2 aliphatic rings. The lowest BCUT2D eigenvalue weighted by atomic mass is 9.90. The SMILES string of the molecule is CCN1CCOCC12CCCOC2. The molecule has 2 fully saturated rings. The zero-order valence-corrected chi connectivity index (χ0v) is 8.42. The molecule has 0 amide bonds. The van der Waals surface area contributed by atoms with Crippen LogP contribution in [0.25, 0.3) is 0 Å². The van der Waals surface area contributed by atoms with E-state index in [1.54, 1.807) is 0 Å². The molecule has 2 saturated heterocycles. The lowest BCUT2D eigenvalue weighted by molar-refractivity contribution is -0.126. The standard InChI is InChI=1S/C10H19NO2/c1-2-11-5-7-13-9-10(11)4-3-6-12-8-10/h2-9H2,1H3. The third-order valence-corrected chi connectivity index (χ3v) is 3.23. The number of ether oxygens (including phenoxy) is 2. The number of morpholine rings is 1. The Morgan fingerprint density at radius 2 is 2.00 bits per heavy atom. The molecule has 13 heavy (non-hydrogen) atoms. The monoisotopic (exact) mass is 185 g/mol. The predicted molar refractivity (Wildman–Crippen MR) is 50.9 cm³/mol. The van der Waals surface area contributed by atoms with Gasteiger partial charge < -0.3 is 9.47 Å². The Morgan fingerprint density at radius 3 is 2.69 bits per heavy atom. The van der Waals surface area contributed by atoms with Gasteiger partial charge in [-0.05, 0) is 19.4 Å². The van der Waals surface area contributed by atoms with Gasteiger partial charge in [0.15, 0.2) is 0 Å². The Hall–Kier alpha value is -0.120. The Balaban J connectivity index is 2.06. The minimum absolute atomic E-state index is 0.214. The second kappa shape index (κ2) is 3.95. The Labute approximate surface area is 80.0 Å². The third kappa shape index (κ3) is 1.73. The van der Waals surface area contributed by atoms with E-state index in [0.29, 0.717) is 0 Å². The van der Waals surface area contributed by atoms with Crippen molar-refractivity contribution < 1.29 is 9.47 Å². The maximum Gasteiger partial charge on any atom is 0.0680 e. The van der Waals surface area contributed by atoms with Gasteiger partial charge in [0.2, 0.25) is 0 Å². The molecule has 76 valence electrons. The highest BCUT2D eigenvalue weighted by Crippen LogP contribution is 2.28. The average molecular weight is 185 g/mol. The molecule has 3 heteroatoms. The topological polar surface area (TPSA) is 21.7 Å². The zero-order chi connectivity index (χ0) is 9.15. The molecule has 1 unspecified atom stereocenters. The first-order valence-corrected chi connectivity index (χ1v) is 5.28. The summed E-state index contributed by atoms with van der Waals surface area (Å²) >= 11 is 0. The van der Waals surface area contributed by atoms with Crippen molar-refractivity contribution in [3.05, 3.63) is 0 Å². The summed E-state index contributed by atoms with van der Waals surface area (Å²) in [4.78, 5) is 2.52. The maximum absolute atomic E-state index is 5.57. The van der Waals surface area contributed by atoms with E-state index in [1.165, 1.54) is 12.8 Å². The highest BCUT2D eigenvalue weighted by Gasteiger charge is 2.40. The van der Waals surface area contributed by atoms with Gasteiger partial charge in [-0.2, -0.15) is 0 Å². The summed E-state index contributed by atoms with van der Waals surface area (Å²) in [6, 6.07) is 0. The quantitative estimate of drug-likeness (QED) is 0.605. The molecular weight excluding hydrogens is 166 g/mol. The predicted octanol–water partition coefficient (Wildman–Crippen LogP) is 0.888. The largest absolute Gasteiger partial charge is 0.379 e. The molecule has 2 aliphatic heterocycles. The molecule has 0 N–H and O–H groups in total. The third-order valence-electron chi connectivity index (χ3n) is 3.23. The maximum atomic E-state index is 5.57. The fraction of sp³-hybridized carbons (Fsp3) is 1.00. The van der Waals surface area contributed by atoms with E-state index >= 15 is 0 Å². The summed E-state index contributed by atoms with van der Waals surface area (Å²) in [6.45, 7) is 7.95. The van der Waals surface area contributed by atoms with Gasteiger partial charge in [0, 0.05) is 13.2 Å². The summed E-state index contributed by atoms with van der Waals surface area (Å²) in [6.07, 6.45) is 2.42. The molecule has 0 aromatic carbocycles. The number of hydrogen-bond acceptors (Lipinski definition) is 3. The molecule has 0 aliphatic carbocycles. The molecule has 1 atom stereocenters. The van der Waals surface area contributed by atoms with Crippen LogP contribution in [0.15, 0.2) is 0 Å². The van der Waals surface area contributed by atoms with Crippen LogP contribution in [-0.4, -0.2) is 50.0 Å². The van der Waals surface area contributed by atoms with Crippen LogP contribution in [0.2, 0.25) is 0 Å². The van der Waals surface area contributed by atoms with Gasteiger partial charge in [-0.25, -0.2) is 0 Å². The normalized spacial score (nSPS) is 36.7. The van der Waals surface area contributed by atoms with E-state index < -0.39 is 0 Å². The highest BCUT2D eigenvalue weighted by atomic mass is 16.5. The lowest BCUT2D eigenvalue weighted by Crippen LogP contribution is -2.60. The van der Waals surface area contributed by atoms with E-state index in [9.17, 15) is 0 Å². The van der Waals surface area contributed by atoms with Gasteiger partial charge in [0.25, 0.3) is 0 Å². The summed E-state index contributed by atoms with van der Waals surface area (Å²) in [5, 5.41) is 0. The molecule has 0 aromatic rings. The lowest BCUT2D eigenvalue weighted by Gasteiger charge is -2.48. The van der Waals surface area contributed by atoms with Crippen LogP contribution in [0.1, 0.15) is 19.8 Å². The smallest absolute Gasteiger partial charge is 0.0680 e. The van der Waals surface area contributed by atoms with Crippen LogP contribution >= 0.6 is 0 Å². The van der Waals surface area contributed by atoms with E-state index in [0.717, 1.165) is 39.5 Å². The Morgan fingerprint density at radius 1 is 1.23 bits per heavy atom. The van der Waals surface area contributed by atoms with E-state index in [-0.39, 0.29) is 5.54 Å². The molecular formula is C10H19NO2. The Bertz CT molecular complexity index is 158. The van der Waals surface area contributed by atoms with Crippen LogP contribution in [0.3, 0.4) is 0 Å². The summed E-state index contributed by atoms with van der Waals surface area (Å²) in [5.74, 6) is 0. The molecule has 3 nitrogen and oxygen atoms in total. The molecule has 0 bridgehead atoms. The van der Waals surface area contributed by atoms with Crippen molar-refractivity contribution in [2.24, 2.45) is 0 Å². The van der Waals surface area contributed by atoms with Gasteiger partial charge >= 0.3 is 0 Å². The average Bonchev–Trinajstić information content (AvgIpc) is 2.20. The first-order chi connectivity index (χ1) is 6.37. The van der Waals surface area contributed by atoms with Gasteiger partial charge in [-0.15, -0.1) is 0 Å². The first-order valence-electron chi connectivity index (χ1n) is 5.28. The van der Waals surface area contributed by atoms with E-state index in [4.69, 9.17) is 9.47 Å². The van der Waals surface area contributed by atoms with Crippen molar-refractivity contribution >= 4 is 0 Å². The molecule has 2 rings (SSSR count). The van der Waals surface area contributed by atoms with Crippen LogP contribution in [0, 0.1) is 0 Å². The van der Waals surface area contributed by atoms with Gasteiger partial charge in [0.1, 0.15) is 0 Å². The minimum Gasteiger partial charge on any atom is -0.379 e. The fourth-order valence-corrected chi connectivity index (χ4v) is 2.46. The molecule has 0 saturated carbocycles.